The Hall–Kier alpha value is -2.14. The van der Waals surface area contributed by atoms with E-state index in [-0.39, 0.29) is 29.6 Å². The fourth-order valence-corrected chi connectivity index (χ4v) is 1.32. The molecule has 0 spiro atoms. The molecule has 0 aliphatic carbocycles. The molecule has 1 saturated heterocycles. The summed E-state index contributed by atoms with van der Waals surface area (Å²) in [4.78, 5) is 23.3. The Labute approximate surface area is 110 Å². The van der Waals surface area contributed by atoms with Crippen molar-refractivity contribution < 1.29 is 23.8 Å². The van der Waals surface area contributed by atoms with E-state index in [9.17, 15) is 9.59 Å². The predicted octanol–water partition coefficient (Wildman–Crippen LogP) is 1.72. The van der Waals surface area contributed by atoms with Crippen LogP contribution in [-0.4, -0.2) is 31.3 Å². The second-order valence-corrected chi connectivity index (χ2v) is 4.22. The molecule has 0 amide bonds. The second-order valence-electron chi connectivity index (χ2n) is 4.22. The molecule has 5 nitrogen and oxygen atoms in total. The van der Waals surface area contributed by atoms with E-state index in [1.54, 1.807) is 12.1 Å². The Morgan fingerprint density at radius 2 is 2.11 bits per heavy atom. The minimum absolute atomic E-state index is 0.00548. The molecule has 1 unspecified atom stereocenters. The van der Waals surface area contributed by atoms with Crippen LogP contribution in [0, 0.1) is 0 Å². The average Bonchev–Trinajstić information content (AvgIpc) is 3.20. The highest BCUT2D eigenvalue weighted by atomic mass is 16.6. The van der Waals surface area contributed by atoms with Crippen LogP contribution in [0.3, 0.4) is 0 Å². The van der Waals surface area contributed by atoms with E-state index in [0.29, 0.717) is 6.61 Å². The van der Waals surface area contributed by atoms with E-state index in [0.717, 1.165) is 0 Å². The van der Waals surface area contributed by atoms with Crippen molar-refractivity contribution >= 4 is 11.9 Å². The maximum Gasteiger partial charge on any atom is 0.342 e. The van der Waals surface area contributed by atoms with Crippen LogP contribution in [-0.2, 0) is 14.3 Å². The predicted molar refractivity (Wildman–Crippen MR) is 66.9 cm³/mol. The van der Waals surface area contributed by atoms with Crippen molar-refractivity contribution in [1.82, 2.24) is 0 Å². The first-order valence-corrected chi connectivity index (χ1v) is 5.83. The van der Waals surface area contributed by atoms with Gasteiger partial charge in [0.1, 0.15) is 24.0 Å². The van der Waals surface area contributed by atoms with E-state index in [4.69, 9.17) is 14.2 Å². The summed E-state index contributed by atoms with van der Waals surface area (Å²) < 4.78 is 15.1. The summed E-state index contributed by atoms with van der Waals surface area (Å²) in [5.41, 5.74) is 0.465. The zero-order chi connectivity index (χ0) is 13.8. The third-order valence-electron chi connectivity index (χ3n) is 2.46. The highest BCUT2D eigenvalue weighted by Gasteiger charge is 2.25. The van der Waals surface area contributed by atoms with Crippen molar-refractivity contribution in [3.05, 3.63) is 42.0 Å². The van der Waals surface area contributed by atoms with E-state index in [2.05, 4.69) is 6.58 Å². The van der Waals surface area contributed by atoms with Crippen molar-refractivity contribution in [2.75, 3.05) is 13.2 Å². The molecule has 1 fully saturated rings. The molecule has 2 rings (SSSR count). The van der Waals surface area contributed by atoms with Crippen molar-refractivity contribution in [3.63, 3.8) is 0 Å². The molecule has 0 N–H and O–H groups in total. The number of carbonyl (C=O) groups excluding carboxylic acids is 2. The van der Waals surface area contributed by atoms with Gasteiger partial charge in [0.15, 0.2) is 0 Å². The van der Waals surface area contributed by atoms with Gasteiger partial charge in [-0.25, -0.2) is 9.59 Å². The first-order chi connectivity index (χ1) is 9.08. The molecule has 19 heavy (non-hydrogen) atoms. The van der Waals surface area contributed by atoms with Gasteiger partial charge in [-0.15, -0.1) is 0 Å². The van der Waals surface area contributed by atoms with E-state index in [1.165, 1.54) is 19.1 Å². The first-order valence-electron chi connectivity index (χ1n) is 5.83. The second kappa shape index (κ2) is 5.67. The van der Waals surface area contributed by atoms with Gasteiger partial charge < -0.3 is 14.2 Å². The zero-order valence-electron chi connectivity index (χ0n) is 10.5. The van der Waals surface area contributed by atoms with Crippen LogP contribution in [0.5, 0.6) is 5.75 Å². The Kier molecular flexibility index (Phi) is 3.97. The van der Waals surface area contributed by atoms with Gasteiger partial charge in [0.2, 0.25) is 0 Å². The highest BCUT2D eigenvalue weighted by Crippen LogP contribution is 2.20. The lowest BCUT2D eigenvalue weighted by Crippen LogP contribution is -2.14. The first kappa shape index (κ1) is 13.3. The van der Waals surface area contributed by atoms with Gasteiger partial charge in [-0.05, 0) is 19.1 Å². The van der Waals surface area contributed by atoms with Crippen LogP contribution in [0.25, 0.3) is 0 Å². The van der Waals surface area contributed by atoms with E-state index < -0.39 is 11.9 Å². The summed E-state index contributed by atoms with van der Waals surface area (Å²) in [5, 5.41) is 0. The monoisotopic (exact) mass is 262 g/mol. The molecule has 1 aliphatic rings. The molecule has 1 aromatic rings. The van der Waals surface area contributed by atoms with Crippen LogP contribution in [0.4, 0.5) is 0 Å². The lowest BCUT2D eigenvalue weighted by Gasteiger charge is -2.09. The van der Waals surface area contributed by atoms with Crippen molar-refractivity contribution in [1.29, 1.82) is 0 Å². The van der Waals surface area contributed by atoms with Crippen molar-refractivity contribution in [3.8, 4) is 5.75 Å². The number of ether oxygens (including phenoxy) is 3. The standard InChI is InChI=1S/C14H14O5/c1-9(2)13(15)19-12-6-4-3-5-11(12)14(16)18-8-10-7-17-10/h3-6,10H,1,7-8H2,2H3. The lowest BCUT2D eigenvalue weighted by atomic mass is 10.2. The summed E-state index contributed by atoms with van der Waals surface area (Å²) in [7, 11) is 0. The summed E-state index contributed by atoms with van der Waals surface area (Å²) in [6, 6.07) is 6.41. The maximum absolute atomic E-state index is 11.9. The molecule has 100 valence electrons. The van der Waals surface area contributed by atoms with Gasteiger partial charge >= 0.3 is 11.9 Å². The summed E-state index contributed by atoms with van der Waals surface area (Å²) in [6.07, 6.45) is -0.00548. The molecular formula is C14H14O5. The van der Waals surface area contributed by atoms with Crippen molar-refractivity contribution in [2.45, 2.75) is 13.0 Å². The van der Waals surface area contributed by atoms with Gasteiger partial charge in [0.05, 0.1) is 6.61 Å². The molecule has 1 aromatic carbocycles. The number of hydrogen-bond donors (Lipinski definition) is 0. The summed E-state index contributed by atoms with van der Waals surface area (Å²) in [6.45, 7) is 5.84. The van der Waals surface area contributed by atoms with Gasteiger partial charge in [-0.3, -0.25) is 0 Å². The van der Waals surface area contributed by atoms with Crippen LogP contribution < -0.4 is 4.74 Å². The number of hydrogen-bond acceptors (Lipinski definition) is 5. The molecule has 1 heterocycles. The molecular weight excluding hydrogens is 248 g/mol. The number of epoxide rings is 1. The lowest BCUT2D eigenvalue weighted by molar-refractivity contribution is -0.130. The number of rotatable bonds is 5. The molecule has 0 bridgehead atoms. The van der Waals surface area contributed by atoms with Crippen LogP contribution in [0.15, 0.2) is 36.4 Å². The highest BCUT2D eigenvalue weighted by molar-refractivity contribution is 5.95. The molecule has 0 saturated carbocycles. The van der Waals surface area contributed by atoms with Crippen molar-refractivity contribution in [2.24, 2.45) is 0 Å². The summed E-state index contributed by atoms with van der Waals surface area (Å²) >= 11 is 0. The quantitative estimate of drug-likeness (QED) is 0.350. The van der Waals surface area contributed by atoms with Crippen LogP contribution in [0.2, 0.25) is 0 Å². The van der Waals surface area contributed by atoms with Gasteiger partial charge in [-0.2, -0.15) is 0 Å². The smallest absolute Gasteiger partial charge is 0.342 e. The van der Waals surface area contributed by atoms with Gasteiger partial charge in [0.25, 0.3) is 0 Å². The minimum Gasteiger partial charge on any atom is -0.459 e. The number of esters is 2. The minimum atomic E-state index is -0.578. The Morgan fingerprint density at radius 3 is 2.74 bits per heavy atom. The number of para-hydroxylation sites is 1. The largest absolute Gasteiger partial charge is 0.459 e. The number of carbonyl (C=O) groups is 2. The Bertz CT molecular complexity index is 516. The molecule has 5 heteroatoms. The Balaban J connectivity index is 2.07. The Morgan fingerprint density at radius 1 is 1.42 bits per heavy atom. The number of benzene rings is 1. The topological polar surface area (TPSA) is 65.1 Å². The third kappa shape index (κ3) is 3.66. The zero-order valence-corrected chi connectivity index (χ0v) is 10.5. The van der Waals surface area contributed by atoms with Gasteiger partial charge in [-0.1, -0.05) is 18.7 Å². The van der Waals surface area contributed by atoms with E-state index >= 15 is 0 Å². The van der Waals surface area contributed by atoms with E-state index in [1.807, 2.05) is 0 Å². The fourth-order valence-electron chi connectivity index (χ4n) is 1.32. The van der Waals surface area contributed by atoms with Crippen LogP contribution in [0.1, 0.15) is 17.3 Å². The van der Waals surface area contributed by atoms with Crippen LogP contribution >= 0.6 is 0 Å². The summed E-state index contributed by atoms with van der Waals surface area (Å²) in [5.74, 6) is -0.955. The van der Waals surface area contributed by atoms with Gasteiger partial charge in [0, 0.05) is 5.57 Å². The third-order valence-corrected chi connectivity index (χ3v) is 2.46. The molecule has 0 aromatic heterocycles. The molecule has 0 radical (unpaired) electrons. The molecule has 1 atom stereocenters. The maximum atomic E-state index is 11.9. The SMILES string of the molecule is C=C(C)C(=O)Oc1ccccc1C(=O)OCC1CO1. The fraction of sp³-hybridized carbons (Fsp3) is 0.286. The normalized spacial score (nSPS) is 16.6. The average molecular weight is 262 g/mol. The molecule has 1 aliphatic heterocycles.